The number of carbonyl (C=O) groups is 2. The van der Waals surface area contributed by atoms with Crippen molar-refractivity contribution in [3.05, 3.63) is 63.1 Å². The summed E-state index contributed by atoms with van der Waals surface area (Å²) < 4.78 is 6.37. The zero-order valence-electron chi connectivity index (χ0n) is 17.6. The Hall–Kier alpha value is -2.05. The maximum atomic E-state index is 13.1. The SMILES string of the molecule is CCCCNC(=O)[C@H](C)N(Cc1ccccc1C)C(=O)COc1ccc(Cl)cc1Br. The molecule has 1 atom stereocenters. The van der Waals surface area contributed by atoms with Crippen LogP contribution in [0.5, 0.6) is 5.75 Å². The van der Waals surface area contributed by atoms with E-state index in [1.54, 1.807) is 30.0 Å². The number of rotatable bonds is 10. The molecule has 0 aromatic heterocycles. The lowest BCUT2D eigenvalue weighted by atomic mass is 10.1. The molecule has 2 amide bonds. The highest BCUT2D eigenvalue weighted by Gasteiger charge is 2.26. The number of hydrogen-bond donors (Lipinski definition) is 1. The Bertz CT molecular complexity index is 875. The lowest BCUT2D eigenvalue weighted by Crippen LogP contribution is -2.49. The molecule has 0 aliphatic heterocycles. The number of unbranched alkanes of at least 4 members (excludes halogenated alkanes) is 1. The van der Waals surface area contributed by atoms with Crippen LogP contribution in [0.2, 0.25) is 5.02 Å². The van der Waals surface area contributed by atoms with Crippen molar-refractivity contribution in [1.82, 2.24) is 10.2 Å². The molecule has 0 unspecified atom stereocenters. The minimum Gasteiger partial charge on any atom is -0.483 e. The van der Waals surface area contributed by atoms with Gasteiger partial charge in [-0.3, -0.25) is 9.59 Å². The fourth-order valence-corrected chi connectivity index (χ4v) is 3.70. The average molecular weight is 496 g/mol. The van der Waals surface area contributed by atoms with Crippen molar-refractivity contribution in [3.63, 3.8) is 0 Å². The van der Waals surface area contributed by atoms with Gasteiger partial charge >= 0.3 is 0 Å². The molecular weight excluding hydrogens is 468 g/mol. The highest BCUT2D eigenvalue weighted by molar-refractivity contribution is 9.10. The molecular formula is C23H28BrClN2O3. The first kappa shape index (κ1) is 24.2. The summed E-state index contributed by atoms with van der Waals surface area (Å²) in [6.07, 6.45) is 1.89. The molecule has 0 fully saturated rings. The largest absolute Gasteiger partial charge is 0.483 e. The molecule has 2 aromatic carbocycles. The fourth-order valence-electron chi connectivity index (χ4n) is 2.90. The number of carbonyl (C=O) groups excluding carboxylic acids is 2. The van der Waals surface area contributed by atoms with Crippen LogP contribution in [0.3, 0.4) is 0 Å². The van der Waals surface area contributed by atoms with Crippen LogP contribution in [0, 0.1) is 6.92 Å². The Labute approximate surface area is 191 Å². The van der Waals surface area contributed by atoms with Gasteiger partial charge in [-0.05, 0) is 65.5 Å². The van der Waals surface area contributed by atoms with Crippen molar-refractivity contribution in [2.75, 3.05) is 13.2 Å². The molecule has 0 radical (unpaired) electrons. The Kier molecular flexibility index (Phi) is 9.66. The van der Waals surface area contributed by atoms with Crippen LogP contribution in [0.4, 0.5) is 0 Å². The summed E-state index contributed by atoms with van der Waals surface area (Å²) in [5.74, 6) is 0.0833. The van der Waals surface area contributed by atoms with E-state index < -0.39 is 6.04 Å². The van der Waals surface area contributed by atoms with Crippen molar-refractivity contribution < 1.29 is 14.3 Å². The van der Waals surface area contributed by atoms with Crippen LogP contribution in [0.25, 0.3) is 0 Å². The number of nitrogens with zero attached hydrogens (tertiary/aromatic N) is 1. The molecule has 0 heterocycles. The molecule has 5 nitrogen and oxygen atoms in total. The highest BCUT2D eigenvalue weighted by atomic mass is 79.9. The zero-order chi connectivity index (χ0) is 22.1. The van der Waals surface area contributed by atoms with Gasteiger partial charge in [0.25, 0.3) is 5.91 Å². The summed E-state index contributed by atoms with van der Waals surface area (Å²) in [5, 5.41) is 3.48. The predicted octanol–water partition coefficient (Wildman–Crippen LogP) is 5.12. The molecule has 0 aliphatic carbocycles. The normalized spacial score (nSPS) is 11.6. The molecule has 30 heavy (non-hydrogen) atoms. The van der Waals surface area contributed by atoms with Gasteiger partial charge in [-0.2, -0.15) is 0 Å². The minimum atomic E-state index is -0.619. The minimum absolute atomic E-state index is 0.168. The van der Waals surface area contributed by atoms with Crippen molar-refractivity contribution in [2.45, 2.75) is 46.2 Å². The predicted molar refractivity (Wildman–Crippen MR) is 124 cm³/mol. The second-order valence-electron chi connectivity index (χ2n) is 7.13. The third kappa shape index (κ3) is 7.03. The van der Waals surface area contributed by atoms with Crippen molar-refractivity contribution in [3.8, 4) is 5.75 Å². The van der Waals surface area contributed by atoms with E-state index in [2.05, 4.69) is 28.2 Å². The van der Waals surface area contributed by atoms with Gasteiger partial charge in [0.2, 0.25) is 5.91 Å². The average Bonchev–Trinajstić information content (AvgIpc) is 2.72. The fraction of sp³-hybridized carbons (Fsp3) is 0.391. The molecule has 0 saturated carbocycles. The van der Waals surface area contributed by atoms with E-state index in [1.807, 2.05) is 31.2 Å². The summed E-state index contributed by atoms with van der Waals surface area (Å²) >= 11 is 9.35. The number of aryl methyl sites for hydroxylation is 1. The summed E-state index contributed by atoms with van der Waals surface area (Å²) in [6.45, 7) is 6.55. The van der Waals surface area contributed by atoms with Crippen LogP contribution in [-0.2, 0) is 16.1 Å². The van der Waals surface area contributed by atoms with Crippen molar-refractivity contribution >= 4 is 39.3 Å². The van der Waals surface area contributed by atoms with E-state index in [-0.39, 0.29) is 18.4 Å². The van der Waals surface area contributed by atoms with E-state index in [0.29, 0.717) is 28.3 Å². The molecule has 0 saturated heterocycles. The third-order valence-electron chi connectivity index (χ3n) is 4.84. The maximum Gasteiger partial charge on any atom is 0.261 e. The van der Waals surface area contributed by atoms with E-state index in [4.69, 9.17) is 16.3 Å². The Morgan fingerprint density at radius 3 is 2.63 bits per heavy atom. The van der Waals surface area contributed by atoms with Gasteiger partial charge in [0.1, 0.15) is 11.8 Å². The summed E-state index contributed by atoms with van der Waals surface area (Å²) in [4.78, 5) is 27.3. The number of halogens is 2. The van der Waals surface area contributed by atoms with Gasteiger partial charge in [-0.25, -0.2) is 0 Å². The molecule has 0 bridgehead atoms. The molecule has 162 valence electrons. The van der Waals surface area contributed by atoms with Gasteiger partial charge in [0.15, 0.2) is 6.61 Å². The van der Waals surface area contributed by atoms with E-state index in [1.165, 1.54) is 0 Å². The molecule has 1 N–H and O–H groups in total. The topological polar surface area (TPSA) is 58.6 Å². The number of nitrogens with one attached hydrogen (secondary N) is 1. The van der Waals surface area contributed by atoms with Gasteiger partial charge in [0, 0.05) is 18.1 Å². The third-order valence-corrected chi connectivity index (χ3v) is 5.70. The second-order valence-corrected chi connectivity index (χ2v) is 8.42. The standard InChI is InChI=1S/C23H28BrClN2O3/c1-4-5-12-26-23(29)17(3)27(14-18-9-7-6-8-16(18)2)22(28)15-30-21-11-10-19(25)13-20(21)24/h6-11,13,17H,4-5,12,14-15H2,1-3H3,(H,26,29)/t17-/m0/s1. The molecule has 2 rings (SSSR count). The highest BCUT2D eigenvalue weighted by Crippen LogP contribution is 2.28. The van der Waals surface area contributed by atoms with Crippen LogP contribution in [-0.4, -0.2) is 35.9 Å². The van der Waals surface area contributed by atoms with Crippen LogP contribution < -0.4 is 10.1 Å². The van der Waals surface area contributed by atoms with Gasteiger partial charge < -0.3 is 15.0 Å². The van der Waals surface area contributed by atoms with Crippen molar-refractivity contribution in [2.24, 2.45) is 0 Å². The summed E-state index contributed by atoms with van der Waals surface area (Å²) in [7, 11) is 0. The smallest absolute Gasteiger partial charge is 0.261 e. The number of ether oxygens (including phenoxy) is 1. The monoisotopic (exact) mass is 494 g/mol. The summed E-state index contributed by atoms with van der Waals surface area (Å²) in [6, 6.07) is 12.3. The van der Waals surface area contributed by atoms with Crippen LogP contribution in [0.1, 0.15) is 37.8 Å². The lowest BCUT2D eigenvalue weighted by Gasteiger charge is -2.29. The number of hydrogen-bond acceptors (Lipinski definition) is 3. The molecule has 2 aromatic rings. The molecule has 0 spiro atoms. The first-order valence-electron chi connectivity index (χ1n) is 10.0. The van der Waals surface area contributed by atoms with E-state index in [0.717, 1.165) is 24.0 Å². The Balaban J connectivity index is 2.15. The number of amides is 2. The van der Waals surface area contributed by atoms with Gasteiger partial charge in [-0.15, -0.1) is 0 Å². The first-order valence-corrected chi connectivity index (χ1v) is 11.2. The van der Waals surface area contributed by atoms with Crippen molar-refractivity contribution in [1.29, 1.82) is 0 Å². The zero-order valence-corrected chi connectivity index (χ0v) is 19.9. The quantitative estimate of drug-likeness (QED) is 0.465. The van der Waals surface area contributed by atoms with Gasteiger partial charge in [-0.1, -0.05) is 49.2 Å². The maximum absolute atomic E-state index is 13.1. The second kappa shape index (κ2) is 12.0. The van der Waals surface area contributed by atoms with Crippen LogP contribution >= 0.6 is 27.5 Å². The summed E-state index contributed by atoms with van der Waals surface area (Å²) in [5.41, 5.74) is 2.06. The van der Waals surface area contributed by atoms with E-state index >= 15 is 0 Å². The van der Waals surface area contributed by atoms with Gasteiger partial charge in [0.05, 0.1) is 4.47 Å². The Morgan fingerprint density at radius 1 is 1.23 bits per heavy atom. The number of benzene rings is 2. The lowest BCUT2D eigenvalue weighted by molar-refractivity contribution is -0.142. The van der Waals surface area contributed by atoms with Crippen LogP contribution in [0.15, 0.2) is 46.9 Å². The Morgan fingerprint density at radius 2 is 1.97 bits per heavy atom. The first-order chi connectivity index (χ1) is 14.3. The molecule has 0 aliphatic rings. The molecule has 7 heteroatoms. The van der Waals surface area contributed by atoms with E-state index in [9.17, 15) is 9.59 Å².